The normalized spacial score (nSPS) is 12.5. The number of aromatic nitrogens is 5. The van der Waals surface area contributed by atoms with Gasteiger partial charge in [-0.3, -0.25) is 0 Å². The number of benzene rings is 1. The van der Waals surface area contributed by atoms with Gasteiger partial charge in [-0.15, -0.1) is 0 Å². The fraction of sp³-hybridized carbons (Fsp3) is 0.324. The zero-order valence-corrected chi connectivity index (χ0v) is 28.3. The van der Waals surface area contributed by atoms with Crippen LogP contribution in [0, 0.1) is 0 Å². The van der Waals surface area contributed by atoms with Gasteiger partial charge in [0.15, 0.2) is 34.2 Å². The number of esters is 1. The molecule has 1 N–H and O–H groups in total. The molecule has 16 heteroatoms. The van der Waals surface area contributed by atoms with Crippen molar-refractivity contribution in [2.24, 2.45) is 0 Å². The number of hydrogen-bond donors (Lipinski definition) is 1. The first-order valence-electron chi connectivity index (χ1n) is 15.4. The van der Waals surface area contributed by atoms with Gasteiger partial charge >= 0.3 is 12.1 Å². The van der Waals surface area contributed by atoms with Crippen LogP contribution in [0.2, 0.25) is 0 Å². The minimum atomic E-state index is -0.763. The summed E-state index contributed by atoms with van der Waals surface area (Å²) < 4.78 is 44.7. The molecular weight excluding hydrogens is 652 g/mol. The van der Waals surface area contributed by atoms with Crippen molar-refractivity contribution in [3.63, 3.8) is 0 Å². The van der Waals surface area contributed by atoms with Crippen LogP contribution < -0.4 is 5.32 Å². The zero-order valence-electron chi connectivity index (χ0n) is 28.3. The number of carbonyl (C=O) groups excluding carboxylic acids is 2. The molecule has 0 aliphatic heterocycles. The molecule has 5 aromatic heterocycles. The summed E-state index contributed by atoms with van der Waals surface area (Å²) in [4.78, 5) is 47.0. The fourth-order valence-electron chi connectivity index (χ4n) is 4.42. The first-order chi connectivity index (χ1) is 23.8. The number of alkyl carbamates (subject to hydrolysis) is 1. The predicted molar refractivity (Wildman–Crippen MR) is 173 cm³/mol. The SMILES string of the molecule is COC(=O)c1nc(-c2coc(-c3coc(-c4coc(-c5coc(C(COC(C)(C)C)NC(=O)OC(C)(C)C)n5)n4)n3)n2)oc1-c1ccccc1. The van der Waals surface area contributed by atoms with E-state index < -0.39 is 29.3 Å². The van der Waals surface area contributed by atoms with E-state index in [4.69, 9.17) is 36.3 Å². The summed E-state index contributed by atoms with van der Waals surface area (Å²) in [6.07, 6.45) is 4.68. The molecule has 0 aliphatic rings. The minimum Gasteiger partial charge on any atom is -0.464 e. The van der Waals surface area contributed by atoms with Crippen LogP contribution in [-0.4, -0.2) is 61.9 Å². The van der Waals surface area contributed by atoms with E-state index in [0.717, 1.165) is 0 Å². The van der Waals surface area contributed by atoms with Gasteiger partial charge in [0, 0.05) is 5.56 Å². The van der Waals surface area contributed by atoms with Gasteiger partial charge in [0.2, 0.25) is 29.5 Å². The smallest absolute Gasteiger partial charge is 0.408 e. The van der Waals surface area contributed by atoms with Gasteiger partial charge in [-0.1, -0.05) is 30.3 Å². The summed E-state index contributed by atoms with van der Waals surface area (Å²) in [5.41, 5.74) is 0.418. The van der Waals surface area contributed by atoms with Gasteiger partial charge in [0.1, 0.15) is 36.7 Å². The highest BCUT2D eigenvalue weighted by atomic mass is 16.6. The Labute approximate surface area is 285 Å². The Morgan fingerprint density at radius 1 is 0.720 bits per heavy atom. The average Bonchev–Trinajstić information content (AvgIpc) is 3.90. The molecule has 260 valence electrons. The molecule has 0 aliphatic carbocycles. The summed E-state index contributed by atoms with van der Waals surface area (Å²) in [6.45, 7) is 11.0. The molecule has 50 heavy (non-hydrogen) atoms. The van der Waals surface area contributed by atoms with Gasteiger partial charge < -0.3 is 41.6 Å². The molecule has 0 saturated carbocycles. The van der Waals surface area contributed by atoms with E-state index in [-0.39, 0.29) is 70.3 Å². The highest BCUT2D eigenvalue weighted by Crippen LogP contribution is 2.32. The second-order valence-electron chi connectivity index (χ2n) is 12.9. The molecule has 6 rings (SSSR count). The maximum Gasteiger partial charge on any atom is 0.408 e. The molecule has 1 amide bonds. The standard InChI is InChI=1S/C34H34N6O10/c1-33(2,3)48-17-23(39-32(42)50-34(4,5)6)29-37-20(15-46-29)27-35-19(13-44-27)26-36-21(14-45-26)28-38-22(16-47-28)30-40-24(31(41)43-7)25(49-30)18-11-9-8-10-12-18/h8-16,23H,17H2,1-7H3,(H,39,42). The Morgan fingerprint density at radius 3 is 1.80 bits per heavy atom. The Bertz CT molecular complexity index is 2090. The van der Waals surface area contributed by atoms with Crippen molar-refractivity contribution in [2.45, 2.75) is 58.8 Å². The lowest BCUT2D eigenvalue weighted by Crippen LogP contribution is -2.38. The fourth-order valence-corrected chi connectivity index (χ4v) is 4.42. The molecule has 0 saturated heterocycles. The number of nitrogens with zero attached hydrogens (tertiary/aromatic N) is 5. The van der Waals surface area contributed by atoms with Crippen molar-refractivity contribution < 1.29 is 45.9 Å². The van der Waals surface area contributed by atoms with Gasteiger partial charge in [-0.2, -0.15) is 4.98 Å². The molecule has 1 atom stereocenters. The van der Waals surface area contributed by atoms with Crippen LogP contribution in [0.4, 0.5) is 4.79 Å². The first-order valence-corrected chi connectivity index (χ1v) is 15.4. The molecule has 6 aromatic rings. The number of carbonyl (C=O) groups is 2. The summed E-state index contributed by atoms with van der Waals surface area (Å²) in [7, 11) is 1.26. The topological polar surface area (TPSA) is 204 Å². The van der Waals surface area contributed by atoms with Crippen LogP contribution >= 0.6 is 0 Å². The average molecular weight is 687 g/mol. The number of ether oxygens (including phenoxy) is 3. The number of rotatable bonds is 10. The molecule has 0 bridgehead atoms. The quantitative estimate of drug-likeness (QED) is 0.142. The number of nitrogens with one attached hydrogen (secondary N) is 1. The van der Waals surface area contributed by atoms with Gasteiger partial charge in [0.25, 0.3) is 0 Å². The highest BCUT2D eigenvalue weighted by molar-refractivity contribution is 5.94. The van der Waals surface area contributed by atoms with E-state index in [1.165, 1.54) is 32.2 Å². The van der Waals surface area contributed by atoms with E-state index in [2.05, 4.69) is 30.2 Å². The lowest BCUT2D eigenvalue weighted by atomic mass is 10.1. The minimum absolute atomic E-state index is 0.00360. The van der Waals surface area contributed by atoms with Crippen molar-refractivity contribution in [1.82, 2.24) is 30.2 Å². The van der Waals surface area contributed by atoms with E-state index in [1.54, 1.807) is 32.9 Å². The molecule has 1 unspecified atom stereocenters. The molecule has 0 fully saturated rings. The van der Waals surface area contributed by atoms with Crippen LogP contribution in [-0.2, 0) is 14.2 Å². The lowest BCUT2D eigenvalue weighted by molar-refractivity contribution is -0.0207. The Morgan fingerprint density at radius 2 is 1.26 bits per heavy atom. The summed E-state index contributed by atoms with van der Waals surface area (Å²) in [5.74, 6) is 0.0924. The van der Waals surface area contributed by atoms with E-state index in [1.807, 2.05) is 39.0 Å². The maximum absolute atomic E-state index is 12.5. The van der Waals surface area contributed by atoms with Crippen LogP contribution in [0.15, 0.2) is 77.5 Å². The third kappa shape index (κ3) is 7.81. The summed E-state index contributed by atoms with van der Waals surface area (Å²) in [6, 6.07) is 8.25. The van der Waals surface area contributed by atoms with Crippen molar-refractivity contribution in [2.75, 3.05) is 13.7 Å². The van der Waals surface area contributed by atoms with E-state index in [9.17, 15) is 9.59 Å². The first kappa shape index (κ1) is 33.9. The highest BCUT2D eigenvalue weighted by Gasteiger charge is 2.28. The van der Waals surface area contributed by atoms with Crippen LogP contribution in [0.3, 0.4) is 0 Å². The Balaban J connectivity index is 1.19. The molecule has 5 heterocycles. The molecule has 0 radical (unpaired) electrons. The predicted octanol–water partition coefficient (Wildman–Crippen LogP) is 7.13. The maximum atomic E-state index is 12.5. The van der Waals surface area contributed by atoms with Crippen LogP contribution in [0.5, 0.6) is 0 Å². The largest absolute Gasteiger partial charge is 0.464 e. The molecular formula is C34H34N6O10. The zero-order chi connectivity index (χ0) is 35.6. The monoisotopic (exact) mass is 686 g/mol. The van der Waals surface area contributed by atoms with Crippen LogP contribution in [0.25, 0.3) is 57.7 Å². The lowest BCUT2D eigenvalue weighted by Gasteiger charge is -2.25. The van der Waals surface area contributed by atoms with Gasteiger partial charge in [-0.25, -0.2) is 29.5 Å². The molecule has 16 nitrogen and oxygen atoms in total. The second kappa shape index (κ2) is 13.5. The van der Waals surface area contributed by atoms with Crippen molar-refractivity contribution in [3.8, 4) is 57.7 Å². The summed E-state index contributed by atoms with van der Waals surface area (Å²) >= 11 is 0. The second-order valence-corrected chi connectivity index (χ2v) is 12.9. The summed E-state index contributed by atoms with van der Waals surface area (Å²) in [5, 5.41) is 2.74. The number of amides is 1. The van der Waals surface area contributed by atoms with E-state index >= 15 is 0 Å². The molecule has 1 aromatic carbocycles. The third-order valence-corrected chi connectivity index (χ3v) is 6.62. The van der Waals surface area contributed by atoms with E-state index in [0.29, 0.717) is 5.56 Å². The number of hydrogen-bond acceptors (Lipinski definition) is 15. The van der Waals surface area contributed by atoms with Gasteiger partial charge in [0.05, 0.1) is 19.3 Å². The third-order valence-electron chi connectivity index (χ3n) is 6.62. The van der Waals surface area contributed by atoms with Crippen molar-refractivity contribution in [3.05, 3.63) is 67.0 Å². The van der Waals surface area contributed by atoms with Crippen molar-refractivity contribution in [1.29, 1.82) is 0 Å². The van der Waals surface area contributed by atoms with Crippen molar-refractivity contribution >= 4 is 12.1 Å². The molecule has 0 spiro atoms. The van der Waals surface area contributed by atoms with Gasteiger partial charge in [-0.05, 0) is 41.5 Å². The number of methoxy groups -OCH3 is 1. The Kier molecular flexibility index (Phi) is 9.12. The van der Waals surface area contributed by atoms with Crippen LogP contribution in [0.1, 0.15) is 64.0 Å². The Hall–Kier alpha value is -6.03. The number of oxazole rings is 5.